The summed E-state index contributed by atoms with van der Waals surface area (Å²) in [6, 6.07) is 9.00. The summed E-state index contributed by atoms with van der Waals surface area (Å²) in [6.45, 7) is 1.55. The fraction of sp³-hybridized carbons (Fsp3) is 0.314. The van der Waals surface area contributed by atoms with Crippen molar-refractivity contribution in [2.45, 2.75) is 47.8 Å². The van der Waals surface area contributed by atoms with E-state index in [1.807, 2.05) is 0 Å². The number of imide groups is 2. The molecular formula is C35H23Cl2F7N2O5. The third-order valence-electron chi connectivity index (χ3n) is 10.3. The van der Waals surface area contributed by atoms with Crippen LogP contribution in [-0.2, 0) is 31.5 Å². The van der Waals surface area contributed by atoms with Gasteiger partial charge in [0.15, 0.2) is 9.75 Å². The standard InChI is InChI=1S/C35H23Cl2F7N2O5/c1-15-10-16(2-9-25(15)47)27-22-7-8-23-26(29(49)45(28(23)48)21-12-17(34(39,40)41)11-18(13-21)35(42,43)44)24(22)14-32(36)30(50)46(31(51)33(27,32)37)20-5-3-19(38)4-6-20/h2-7,9-13,23-24,26-27,47H,8,14H2,1H3/t23-,24+,26-,27-,32+,33-/m0/s1. The number of alkyl halides is 8. The molecule has 4 aliphatic rings. The second kappa shape index (κ2) is 11.3. The van der Waals surface area contributed by atoms with E-state index in [1.54, 1.807) is 6.92 Å². The molecule has 3 fully saturated rings. The van der Waals surface area contributed by atoms with E-state index in [-0.39, 0.29) is 47.2 Å². The van der Waals surface area contributed by atoms with E-state index >= 15 is 0 Å². The zero-order chi connectivity index (χ0) is 37.2. The normalized spacial score (nSPS) is 29.3. The van der Waals surface area contributed by atoms with Gasteiger partial charge in [-0.15, -0.1) is 23.2 Å². The molecule has 0 bridgehead atoms. The van der Waals surface area contributed by atoms with Crippen molar-refractivity contribution in [3.63, 3.8) is 0 Å². The van der Waals surface area contributed by atoms with Crippen molar-refractivity contribution in [2.75, 3.05) is 9.80 Å². The number of phenolic OH excluding ortho intramolecular Hbond substituents is 1. The molecule has 0 unspecified atom stereocenters. The van der Waals surface area contributed by atoms with Crippen LogP contribution in [0.5, 0.6) is 5.75 Å². The Morgan fingerprint density at radius 2 is 1.37 bits per heavy atom. The van der Waals surface area contributed by atoms with Gasteiger partial charge in [0.25, 0.3) is 11.8 Å². The number of hydrogen-bond donors (Lipinski definition) is 1. The van der Waals surface area contributed by atoms with Crippen LogP contribution in [0.3, 0.4) is 0 Å². The van der Waals surface area contributed by atoms with Crippen molar-refractivity contribution in [1.29, 1.82) is 0 Å². The molecule has 266 valence electrons. The number of fused-ring (bicyclic) bond motifs is 4. The molecule has 1 saturated carbocycles. The molecular weight excluding hydrogens is 732 g/mol. The first-order valence-corrected chi connectivity index (χ1v) is 16.1. The zero-order valence-corrected chi connectivity index (χ0v) is 27.5. The number of amides is 4. The fourth-order valence-electron chi connectivity index (χ4n) is 7.95. The van der Waals surface area contributed by atoms with Gasteiger partial charge in [-0.1, -0.05) is 23.8 Å². The second-order valence-electron chi connectivity index (χ2n) is 13.1. The first kappa shape index (κ1) is 35.0. The van der Waals surface area contributed by atoms with Crippen molar-refractivity contribution in [1.82, 2.24) is 0 Å². The highest BCUT2D eigenvalue weighted by molar-refractivity contribution is 6.58. The smallest absolute Gasteiger partial charge is 0.416 e. The van der Waals surface area contributed by atoms with Crippen LogP contribution in [0.1, 0.15) is 41.0 Å². The minimum atomic E-state index is -5.26. The molecule has 0 aromatic heterocycles. The maximum Gasteiger partial charge on any atom is 0.416 e. The Hall–Kier alpha value is -4.43. The van der Waals surface area contributed by atoms with Crippen LogP contribution in [0, 0.1) is 30.5 Å². The van der Waals surface area contributed by atoms with E-state index in [0.717, 1.165) is 24.3 Å². The molecule has 1 N–H and O–H groups in total. The number of phenols is 1. The van der Waals surface area contributed by atoms with E-state index in [0.29, 0.717) is 15.4 Å². The molecule has 16 heteroatoms. The maximum absolute atomic E-state index is 14.4. The molecule has 0 spiro atoms. The Morgan fingerprint density at radius 1 is 0.765 bits per heavy atom. The van der Waals surface area contributed by atoms with Gasteiger partial charge in [0.2, 0.25) is 11.8 Å². The summed E-state index contributed by atoms with van der Waals surface area (Å²) < 4.78 is 96.3. The van der Waals surface area contributed by atoms with Crippen LogP contribution in [0.2, 0.25) is 0 Å². The Balaban J connectivity index is 1.38. The van der Waals surface area contributed by atoms with Crippen LogP contribution in [0.4, 0.5) is 42.1 Å². The number of rotatable bonds is 3. The Bertz CT molecular complexity index is 2050. The van der Waals surface area contributed by atoms with Gasteiger partial charge in [-0.25, -0.2) is 14.2 Å². The van der Waals surface area contributed by atoms with Gasteiger partial charge in [-0.2, -0.15) is 26.3 Å². The summed E-state index contributed by atoms with van der Waals surface area (Å²) in [5, 5.41) is 10.3. The number of anilines is 2. The fourth-order valence-corrected chi connectivity index (χ4v) is 8.89. The number of allylic oxidation sites excluding steroid dienone is 2. The first-order valence-electron chi connectivity index (χ1n) is 15.4. The SMILES string of the molecule is Cc1cc([C@H]2C3=CC[C@@H]4C(=O)N(c5cc(C(F)(F)F)cc(C(F)(F)F)c5)C(=O)[C@@H]4[C@@H]3C[C@@]3(Cl)C(=O)N(c4ccc(F)cc4)C(=O)[C@@]23Cl)ccc1O. The van der Waals surface area contributed by atoms with Crippen LogP contribution in [0.15, 0.2) is 72.3 Å². The Morgan fingerprint density at radius 3 is 1.94 bits per heavy atom. The summed E-state index contributed by atoms with van der Waals surface area (Å²) in [7, 11) is 0. The molecule has 2 aliphatic carbocycles. The second-order valence-corrected chi connectivity index (χ2v) is 14.3. The molecule has 0 radical (unpaired) electrons. The van der Waals surface area contributed by atoms with Crippen molar-refractivity contribution in [3.05, 3.63) is 100 Å². The molecule has 3 aromatic rings. The lowest BCUT2D eigenvalue weighted by atomic mass is 9.56. The van der Waals surface area contributed by atoms with E-state index < -0.39 is 98.5 Å². The largest absolute Gasteiger partial charge is 0.508 e. The van der Waals surface area contributed by atoms with Crippen molar-refractivity contribution in [3.8, 4) is 5.75 Å². The maximum atomic E-state index is 14.4. The number of carbonyl (C=O) groups is 4. The molecule has 7 rings (SSSR count). The third-order valence-corrected chi connectivity index (χ3v) is 11.7. The van der Waals surface area contributed by atoms with E-state index in [4.69, 9.17) is 23.2 Å². The summed E-state index contributed by atoms with van der Waals surface area (Å²) in [5.74, 6) is -10.1. The van der Waals surface area contributed by atoms with Gasteiger partial charge in [0, 0.05) is 5.92 Å². The lowest BCUT2D eigenvalue weighted by Crippen LogP contribution is -2.60. The predicted octanol–water partition coefficient (Wildman–Crippen LogP) is 7.65. The quantitative estimate of drug-likeness (QED) is 0.128. The Labute approximate surface area is 294 Å². The molecule has 3 aromatic carbocycles. The predicted molar refractivity (Wildman–Crippen MR) is 168 cm³/mol. The topological polar surface area (TPSA) is 95.0 Å². The number of benzene rings is 3. The summed E-state index contributed by atoms with van der Waals surface area (Å²) in [5.41, 5.74) is -3.57. The highest BCUT2D eigenvalue weighted by Gasteiger charge is 2.76. The summed E-state index contributed by atoms with van der Waals surface area (Å²) >= 11 is 14.5. The van der Waals surface area contributed by atoms with Gasteiger partial charge in [-0.3, -0.25) is 19.2 Å². The van der Waals surface area contributed by atoms with Crippen molar-refractivity contribution >= 4 is 58.2 Å². The highest BCUT2D eigenvalue weighted by Crippen LogP contribution is 2.66. The number of halogens is 9. The summed E-state index contributed by atoms with van der Waals surface area (Å²) in [4.78, 5) is 53.0. The molecule has 6 atom stereocenters. The third kappa shape index (κ3) is 5.00. The Kier molecular flexibility index (Phi) is 7.74. The van der Waals surface area contributed by atoms with Gasteiger partial charge in [-0.05, 0) is 85.3 Å². The summed E-state index contributed by atoms with van der Waals surface area (Å²) in [6.07, 6.45) is -9.75. The van der Waals surface area contributed by atoms with Crippen molar-refractivity contribution < 1.29 is 55.0 Å². The molecule has 2 saturated heterocycles. The highest BCUT2D eigenvalue weighted by atomic mass is 35.5. The van der Waals surface area contributed by atoms with Gasteiger partial charge in [0.05, 0.1) is 34.3 Å². The van der Waals surface area contributed by atoms with Crippen molar-refractivity contribution in [2.24, 2.45) is 17.8 Å². The monoisotopic (exact) mass is 754 g/mol. The number of carbonyl (C=O) groups excluding carboxylic acids is 4. The van der Waals surface area contributed by atoms with Crippen LogP contribution in [0.25, 0.3) is 0 Å². The lowest BCUT2D eigenvalue weighted by Gasteiger charge is -2.50. The van der Waals surface area contributed by atoms with Crippen LogP contribution >= 0.6 is 23.2 Å². The average molecular weight is 755 g/mol. The van der Waals surface area contributed by atoms with Gasteiger partial charge in [0.1, 0.15) is 11.6 Å². The zero-order valence-electron chi connectivity index (χ0n) is 26.0. The van der Waals surface area contributed by atoms with E-state index in [2.05, 4.69) is 0 Å². The number of aryl methyl sites for hydroxylation is 1. The first-order chi connectivity index (χ1) is 23.7. The van der Waals surface area contributed by atoms with Crippen LogP contribution < -0.4 is 9.80 Å². The average Bonchev–Trinajstić information content (AvgIpc) is 3.39. The minimum Gasteiger partial charge on any atom is -0.508 e. The van der Waals surface area contributed by atoms with Gasteiger partial charge < -0.3 is 5.11 Å². The number of hydrogen-bond acceptors (Lipinski definition) is 5. The molecule has 4 amide bonds. The van der Waals surface area contributed by atoms with E-state index in [1.165, 1.54) is 24.3 Å². The number of nitrogens with zero attached hydrogens (tertiary/aromatic N) is 2. The molecule has 51 heavy (non-hydrogen) atoms. The van der Waals surface area contributed by atoms with E-state index in [9.17, 15) is 55.0 Å². The molecule has 2 aliphatic heterocycles. The minimum absolute atomic E-state index is 0.0698. The van der Waals surface area contributed by atoms with Crippen LogP contribution in [-0.4, -0.2) is 38.5 Å². The number of aromatic hydroxyl groups is 1. The van der Waals surface area contributed by atoms with Gasteiger partial charge >= 0.3 is 12.4 Å². The molecule has 2 heterocycles. The lowest BCUT2D eigenvalue weighted by molar-refractivity contribution is -0.143. The molecule has 7 nitrogen and oxygen atoms in total.